The number of amides is 1. The number of aryl methyl sites for hydroxylation is 2. The van der Waals surface area contributed by atoms with Crippen molar-refractivity contribution in [3.63, 3.8) is 0 Å². The van der Waals surface area contributed by atoms with Crippen LogP contribution in [0.2, 0.25) is 5.02 Å². The maximum atomic E-state index is 13.7. The fourth-order valence-corrected chi connectivity index (χ4v) is 6.92. The lowest BCUT2D eigenvalue weighted by Crippen LogP contribution is -2.38. The minimum atomic E-state index is -4.08. The van der Waals surface area contributed by atoms with Gasteiger partial charge in [0.15, 0.2) is 0 Å². The van der Waals surface area contributed by atoms with Gasteiger partial charge in [0, 0.05) is 10.7 Å². The number of carbonyl (C=O) groups is 1. The summed E-state index contributed by atoms with van der Waals surface area (Å²) in [6, 6.07) is 24.0. The van der Waals surface area contributed by atoms with E-state index in [1.165, 1.54) is 36.4 Å². The molecule has 41 heavy (non-hydrogen) atoms. The second-order valence-electron chi connectivity index (χ2n) is 9.40. The van der Waals surface area contributed by atoms with Crippen LogP contribution in [0.5, 0.6) is 0 Å². The minimum absolute atomic E-state index is 0.0182. The molecule has 4 aromatic carbocycles. The molecule has 0 aromatic heterocycles. The Bertz CT molecular complexity index is 1770. The van der Waals surface area contributed by atoms with Gasteiger partial charge in [-0.1, -0.05) is 60.5 Å². The van der Waals surface area contributed by atoms with E-state index >= 15 is 0 Å². The molecule has 4 rings (SSSR count). The van der Waals surface area contributed by atoms with Gasteiger partial charge in [0.2, 0.25) is 5.91 Å². The summed E-state index contributed by atoms with van der Waals surface area (Å²) < 4.78 is 56.9. The van der Waals surface area contributed by atoms with Gasteiger partial charge in [-0.25, -0.2) is 16.8 Å². The smallest absolute Gasteiger partial charge is 0.264 e. The normalized spacial score (nSPS) is 11.6. The summed E-state index contributed by atoms with van der Waals surface area (Å²) in [6.45, 7) is 5.00. The van der Waals surface area contributed by atoms with E-state index in [0.29, 0.717) is 34.1 Å². The molecule has 0 heterocycles. The van der Waals surface area contributed by atoms with Gasteiger partial charge < -0.3 is 5.32 Å². The second kappa shape index (κ2) is 12.3. The highest BCUT2D eigenvalue weighted by Crippen LogP contribution is 2.29. The first kappa shape index (κ1) is 30.1. The number of hydrogen-bond donors (Lipinski definition) is 2. The van der Waals surface area contributed by atoms with E-state index in [1.54, 1.807) is 49.4 Å². The van der Waals surface area contributed by atoms with Crippen molar-refractivity contribution in [2.75, 3.05) is 20.9 Å². The van der Waals surface area contributed by atoms with Crippen molar-refractivity contribution in [1.82, 2.24) is 0 Å². The topological polar surface area (TPSA) is 113 Å². The summed E-state index contributed by atoms with van der Waals surface area (Å²) in [4.78, 5) is 13.2. The van der Waals surface area contributed by atoms with Gasteiger partial charge >= 0.3 is 0 Å². The van der Waals surface area contributed by atoms with Crippen molar-refractivity contribution in [3.8, 4) is 0 Å². The molecule has 0 atom stereocenters. The Morgan fingerprint density at radius 2 is 1.44 bits per heavy atom. The molecule has 0 aliphatic rings. The fourth-order valence-electron chi connectivity index (χ4n) is 4.16. The second-order valence-corrected chi connectivity index (χ2v) is 13.3. The van der Waals surface area contributed by atoms with Gasteiger partial charge in [-0.15, -0.1) is 0 Å². The van der Waals surface area contributed by atoms with Gasteiger partial charge in [-0.3, -0.25) is 13.8 Å². The van der Waals surface area contributed by atoms with Crippen molar-refractivity contribution < 1.29 is 21.6 Å². The molecule has 8 nitrogen and oxygen atoms in total. The summed E-state index contributed by atoms with van der Waals surface area (Å²) in [5.41, 5.74) is 3.35. The van der Waals surface area contributed by atoms with Crippen molar-refractivity contribution >= 4 is 54.6 Å². The number of nitrogens with one attached hydrogen (secondary N) is 2. The quantitative estimate of drug-likeness (QED) is 0.223. The molecule has 0 unspecified atom stereocenters. The number of rotatable bonds is 10. The van der Waals surface area contributed by atoms with E-state index in [0.717, 1.165) is 15.4 Å². The van der Waals surface area contributed by atoms with E-state index < -0.39 is 32.5 Å². The van der Waals surface area contributed by atoms with Crippen LogP contribution in [0.25, 0.3) is 0 Å². The van der Waals surface area contributed by atoms with Crippen LogP contribution in [-0.2, 0) is 31.3 Å². The van der Waals surface area contributed by atoms with Crippen LogP contribution < -0.4 is 14.3 Å². The predicted molar refractivity (Wildman–Crippen MR) is 164 cm³/mol. The van der Waals surface area contributed by atoms with E-state index in [1.807, 2.05) is 26.0 Å². The highest BCUT2D eigenvalue weighted by molar-refractivity contribution is 7.93. The summed E-state index contributed by atoms with van der Waals surface area (Å²) in [6.07, 6.45) is 0.566. The number of para-hydroxylation sites is 1. The van der Waals surface area contributed by atoms with Gasteiger partial charge in [0.1, 0.15) is 6.54 Å². The van der Waals surface area contributed by atoms with Crippen LogP contribution >= 0.6 is 11.6 Å². The highest BCUT2D eigenvalue weighted by atomic mass is 35.5. The summed E-state index contributed by atoms with van der Waals surface area (Å²) in [7, 11) is -8.00. The molecule has 0 bridgehead atoms. The molecular weight excluding hydrogens is 582 g/mol. The average molecular weight is 612 g/mol. The molecule has 11 heteroatoms. The molecule has 0 spiro atoms. The standard InChI is InChI=1S/C30H30ClN3O5S2/c1-4-23-8-5-6-11-29(23)34(41(38,39)26-16-12-21(2)13-17-26)20-30(35)32-24-14-18-25(19-15-24)40(36,37)33-28-10-7-9-27(31)22(28)3/h5-19,33H,4,20H2,1-3H3,(H,32,35). The van der Waals surface area contributed by atoms with E-state index in [9.17, 15) is 21.6 Å². The molecule has 0 saturated heterocycles. The van der Waals surface area contributed by atoms with Crippen LogP contribution in [0.3, 0.4) is 0 Å². The lowest BCUT2D eigenvalue weighted by atomic mass is 10.1. The predicted octanol–water partition coefficient (Wildman–Crippen LogP) is 6.15. The molecule has 2 N–H and O–H groups in total. The van der Waals surface area contributed by atoms with Crippen LogP contribution in [0.1, 0.15) is 23.6 Å². The first-order valence-corrected chi connectivity index (χ1v) is 16.1. The third-order valence-corrected chi connectivity index (χ3v) is 10.1. The summed E-state index contributed by atoms with van der Waals surface area (Å²) in [5, 5.41) is 3.11. The minimum Gasteiger partial charge on any atom is -0.325 e. The lowest BCUT2D eigenvalue weighted by Gasteiger charge is -2.26. The van der Waals surface area contributed by atoms with E-state index in [-0.39, 0.29) is 9.79 Å². The van der Waals surface area contributed by atoms with E-state index in [4.69, 9.17) is 11.6 Å². The van der Waals surface area contributed by atoms with Gasteiger partial charge in [0.25, 0.3) is 20.0 Å². The van der Waals surface area contributed by atoms with Crippen LogP contribution in [0.4, 0.5) is 17.1 Å². The first-order valence-electron chi connectivity index (χ1n) is 12.8. The molecule has 0 aliphatic heterocycles. The molecule has 4 aromatic rings. The number of hydrogen-bond acceptors (Lipinski definition) is 5. The fraction of sp³-hybridized carbons (Fsp3) is 0.167. The molecule has 214 valence electrons. The largest absolute Gasteiger partial charge is 0.325 e. The molecule has 0 aliphatic carbocycles. The van der Waals surface area contributed by atoms with Gasteiger partial charge in [-0.2, -0.15) is 0 Å². The number of anilines is 3. The lowest BCUT2D eigenvalue weighted by molar-refractivity contribution is -0.114. The monoisotopic (exact) mass is 611 g/mol. The van der Waals surface area contributed by atoms with Crippen LogP contribution in [0.15, 0.2) is 101 Å². The zero-order valence-electron chi connectivity index (χ0n) is 22.8. The van der Waals surface area contributed by atoms with Gasteiger partial charge in [0.05, 0.1) is 21.2 Å². The average Bonchev–Trinajstić information content (AvgIpc) is 2.94. The molecule has 0 radical (unpaired) electrons. The number of benzene rings is 4. The number of nitrogens with zero attached hydrogens (tertiary/aromatic N) is 1. The Kier molecular flexibility index (Phi) is 9.06. The Morgan fingerprint density at radius 1 is 0.805 bits per heavy atom. The van der Waals surface area contributed by atoms with Crippen molar-refractivity contribution in [3.05, 3.63) is 113 Å². The number of halogens is 1. The SMILES string of the molecule is CCc1ccccc1N(CC(=O)Nc1ccc(S(=O)(=O)Nc2cccc(Cl)c2C)cc1)S(=O)(=O)c1ccc(C)cc1. The Balaban J connectivity index is 1.56. The maximum Gasteiger partial charge on any atom is 0.264 e. The highest BCUT2D eigenvalue weighted by Gasteiger charge is 2.28. The summed E-state index contributed by atoms with van der Waals surface area (Å²) in [5.74, 6) is -0.588. The van der Waals surface area contributed by atoms with Crippen molar-refractivity contribution in [2.45, 2.75) is 37.0 Å². The first-order chi connectivity index (χ1) is 19.4. The number of carbonyl (C=O) groups excluding carboxylic acids is 1. The molecule has 1 amide bonds. The zero-order chi connectivity index (χ0) is 29.8. The van der Waals surface area contributed by atoms with E-state index in [2.05, 4.69) is 10.0 Å². The Labute approximate surface area is 246 Å². The molecular formula is C30H30ClN3O5S2. The summed E-state index contributed by atoms with van der Waals surface area (Å²) >= 11 is 6.10. The Hall–Kier alpha value is -3.86. The van der Waals surface area contributed by atoms with Crippen molar-refractivity contribution in [1.29, 1.82) is 0 Å². The van der Waals surface area contributed by atoms with Crippen LogP contribution in [-0.4, -0.2) is 29.3 Å². The zero-order valence-corrected chi connectivity index (χ0v) is 25.1. The van der Waals surface area contributed by atoms with Gasteiger partial charge in [-0.05, 0) is 86.0 Å². The van der Waals surface area contributed by atoms with Crippen molar-refractivity contribution in [2.24, 2.45) is 0 Å². The number of sulfonamides is 2. The maximum absolute atomic E-state index is 13.7. The third kappa shape index (κ3) is 6.90. The Morgan fingerprint density at radius 3 is 2.10 bits per heavy atom. The van der Waals surface area contributed by atoms with Crippen LogP contribution in [0, 0.1) is 13.8 Å². The third-order valence-electron chi connectivity index (χ3n) is 6.50. The molecule has 0 fully saturated rings. The molecule has 0 saturated carbocycles.